The molecule has 30 heavy (non-hydrogen) atoms. The van der Waals surface area contributed by atoms with E-state index in [4.69, 9.17) is 11.6 Å². The van der Waals surface area contributed by atoms with Gasteiger partial charge in [0.05, 0.1) is 10.6 Å². The normalized spacial score (nSPS) is 13.4. The first-order valence-corrected chi connectivity index (χ1v) is 10.8. The van der Waals surface area contributed by atoms with Gasteiger partial charge in [-0.1, -0.05) is 67.9 Å². The number of nitrogens with zero attached hydrogens (tertiary/aromatic N) is 4. The Balaban J connectivity index is 1.99. The minimum Gasteiger partial charge on any atom is -0.294 e. The predicted octanol–water partition coefficient (Wildman–Crippen LogP) is 4.93. The minimum absolute atomic E-state index is 0.0608. The molecular formula is C22H19ClN4O2S. The third-order valence-electron chi connectivity index (χ3n) is 4.70. The fraction of sp³-hybridized carbons (Fsp3) is 0.182. The van der Waals surface area contributed by atoms with Gasteiger partial charge < -0.3 is 0 Å². The molecule has 152 valence electrons. The number of fused-ring (bicyclic) bond motifs is 1. The molecule has 2 aromatic carbocycles. The van der Waals surface area contributed by atoms with Crippen LogP contribution in [0.1, 0.15) is 32.3 Å². The molecule has 0 saturated heterocycles. The van der Waals surface area contributed by atoms with Crippen molar-refractivity contribution in [2.45, 2.75) is 31.8 Å². The average Bonchev–Trinajstić information content (AvgIpc) is 3.21. The summed E-state index contributed by atoms with van der Waals surface area (Å²) in [6.45, 7) is 3.59. The fourth-order valence-electron chi connectivity index (χ4n) is 3.21. The van der Waals surface area contributed by atoms with Gasteiger partial charge in [-0.25, -0.2) is 5.01 Å². The number of hydrogen-bond donors (Lipinski definition) is 0. The number of carbonyl (C=O) groups is 2. The quantitative estimate of drug-likeness (QED) is 0.565. The summed E-state index contributed by atoms with van der Waals surface area (Å²) in [5.74, 6) is 0.309. The molecule has 0 atom stereocenters. The molecule has 2 heterocycles. The molecule has 0 bridgehead atoms. The van der Waals surface area contributed by atoms with Gasteiger partial charge in [0.25, 0.3) is 0 Å². The molecule has 0 unspecified atom stereocenters. The number of amides is 1. The summed E-state index contributed by atoms with van der Waals surface area (Å²) in [4.78, 5) is 26.5. The SMILES string of the molecule is CCC(=O)C1=C(c2ccc(Cl)cc2)N(C(=O)CC)n2c(nnc2-c2ccccc2)S1. The molecule has 0 radical (unpaired) electrons. The van der Waals surface area contributed by atoms with Crippen LogP contribution in [0.25, 0.3) is 17.1 Å². The second-order valence-corrected chi connectivity index (χ2v) is 8.02. The number of ketones is 1. The topological polar surface area (TPSA) is 68.1 Å². The maximum absolute atomic E-state index is 13.2. The van der Waals surface area contributed by atoms with Crippen LogP contribution in [0.15, 0.2) is 64.7 Å². The summed E-state index contributed by atoms with van der Waals surface area (Å²) in [7, 11) is 0. The molecule has 0 aliphatic carbocycles. The lowest BCUT2D eigenvalue weighted by Gasteiger charge is -2.33. The summed E-state index contributed by atoms with van der Waals surface area (Å²) < 4.78 is 1.70. The lowest BCUT2D eigenvalue weighted by Crippen LogP contribution is -2.42. The van der Waals surface area contributed by atoms with Crippen LogP contribution in [-0.4, -0.2) is 26.6 Å². The first-order chi connectivity index (χ1) is 14.5. The average molecular weight is 439 g/mol. The largest absolute Gasteiger partial charge is 0.294 e. The van der Waals surface area contributed by atoms with Crippen LogP contribution in [0.3, 0.4) is 0 Å². The number of hydrogen-bond acceptors (Lipinski definition) is 5. The Kier molecular flexibility index (Phi) is 5.74. The summed E-state index contributed by atoms with van der Waals surface area (Å²) in [6.07, 6.45) is 0.564. The van der Waals surface area contributed by atoms with Gasteiger partial charge in [-0.05, 0) is 23.9 Å². The smallest absolute Gasteiger partial charge is 0.246 e. The second kappa shape index (κ2) is 8.45. The Labute approximate surface area is 183 Å². The van der Waals surface area contributed by atoms with Crippen molar-refractivity contribution in [2.24, 2.45) is 0 Å². The molecule has 8 heteroatoms. The Morgan fingerprint density at radius 1 is 0.933 bits per heavy atom. The highest BCUT2D eigenvalue weighted by atomic mass is 35.5. The molecule has 3 aromatic rings. The summed E-state index contributed by atoms with van der Waals surface area (Å²) in [5, 5.41) is 11.2. The first kappa shape index (κ1) is 20.4. The lowest BCUT2D eigenvalue weighted by atomic mass is 10.1. The van der Waals surface area contributed by atoms with Crippen molar-refractivity contribution in [3.63, 3.8) is 0 Å². The molecule has 1 aromatic heterocycles. The third-order valence-corrected chi connectivity index (χ3v) is 6.01. The van der Waals surface area contributed by atoms with Crippen LogP contribution in [0.5, 0.6) is 0 Å². The van der Waals surface area contributed by atoms with Gasteiger partial charge in [-0.2, -0.15) is 4.68 Å². The number of benzene rings is 2. The van der Waals surface area contributed by atoms with E-state index in [1.54, 1.807) is 30.7 Å². The van der Waals surface area contributed by atoms with Crippen molar-refractivity contribution in [1.29, 1.82) is 0 Å². The number of Topliss-reactive ketones (excluding diaryl/α,β-unsaturated/α-hetero) is 1. The predicted molar refractivity (Wildman–Crippen MR) is 118 cm³/mol. The van der Waals surface area contributed by atoms with Crippen molar-refractivity contribution < 1.29 is 9.59 Å². The van der Waals surface area contributed by atoms with Crippen molar-refractivity contribution >= 4 is 40.8 Å². The maximum atomic E-state index is 13.2. The Morgan fingerprint density at radius 3 is 2.27 bits per heavy atom. The van der Waals surface area contributed by atoms with E-state index in [0.29, 0.717) is 33.0 Å². The summed E-state index contributed by atoms with van der Waals surface area (Å²) >= 11 is 7.31. The molecule has 4 rings (SSSR count). The van der Waals surface area contributed by atoms with Crippen molar-refractivity contribution in [3.8, 4) is 11.4 Å². The third kappa shape index (κ3) is 3.55. The van der Waals surface area contributed by atoms with Crippen LogP contribution >= 0.6 is 23.4 Å². The molecule has 1 amide bonds. The number of allylic oxidation sites excluding steroid dienone is 1. The molecule has 1 aliphatic heterocycles. The second-order valence-electron chi connectivity index (χ2n) is 6.61. The van der Waals surface area contributed by atoms with Crippen LogP contribution in [0.4, 0.5) is 0 Å². The molecule has 1 aliphatic rings. The Hall–Kier alpha value is -2.90. The highest BCUT2D eigenvalue weighted by Gasteiger charge is 2.36. The van der Waals surface area contributed by atoms with Crippen LogP contribution in [-0.2, 0) is 9.59 Å². The number of thioether (sulfide) groups is 1. The van der Waals surface area contributed by atoms with Gasteiger partial charge in [0, 0.05) is 29.0 Å². The molecule has 6 nitrogen and oxygen atoms in total. The van der Waals surface area contributed by atoms with Crippen molar-refractivity contribution in [3.05, 3.63) is 70.1 Å². The van der Waals surface area contributed by atoms with Crippen molar-refractivity contribution in [2.75, 3.05) is 5.01 Å². The standard InChI is InChI=1S/C22H19ClN4O2S/c1-3-17(28)20-19(14-10-12-16(23)13-11-14)26(18(29)4-2)27-21(24-25-22(27)30-20)15-8-6-5-7-9-15/h5-13H,3-4H2,1-2H3. The number of aromatic nitrogens is 3. The zero-order valence-corrected chi connectivity index (χ0v) is 18.1. The maximum Gasteiger partial charge on any atom is 0.246 e. The molecule has 0 spiro atoms. The minimum atomic E-state index is -0.167. The first-order valence-electron chi connectivity index (χ1n) is 9.60. The highest BCUT2D eigenvalue weighted by molar-refractivity contribution is 8.04. The zero-order chi connectivity index (χ0) is 21.3. The number of carbonyl (C=O) groups excluding carboxylic acids is 2. The van der Waals surface area contributed by atoms with Crippen LogP contribution in [0, 0.1) is 0 Å². The molecule has 0 N–H and O–H groups in total. The Bertz CT molecular complexity index is 1140. The zero-order valence-electron chi connectivity index (χ0n) is 16.5. The van der Waals surface area contributed by atoms with Crippen LogP contribution < -0.4 is 5.01 Å². The molecular weight excluding hydrogens is 420 g/mol. The van der Waals surface area contributed by atoms with E-state index in [0.717, 1.165) is 11.1 Å². The van der Waals surface area contributed by atoms with Gasteiger partial charge >= 0.3 is 0 Å². The summed E-state index contributed by atoms with van der Waals surface area (Å²) in [5.41, 5.74) is 2.08. The monoisotopic (exact) mass is 438 g/mol. The molecule has 0 fully saturated rings. The van der Waals surface area contributed by atoms with E-state index < -0.39 is 0 Å². The van der Waals surface area contributed by atoms with Gasteiger partial charge in [-0.3, -0.25) is 9.59 Å². The van der Waals surface area contributed by atoms with Crippen molar-refractivity contribution in [1.82, 2.24) is 14.9 Å². The van der Waals surface area contributed by atoms with E-state index in [1.807, 2.05) is 42.5 Å². The van der Waals surface area contributed by atoms with E-state index >= 15 is 0 Å². The molecule has 0 saturated carbocycles. The van der Waals surface area contributed by atoms with Gasteiger partial charge in [0.2, 0.25) is 11.1 Å². The van der Waals surface area contributed by atoms with Crippen LogP contribution in [0.2, 0.25) is 5.02 Å². The van der Waals surface area contributed by atoms with Gasteiger partial charge in [0.1, 0.15) is 0 Å². The van der Waals surface area contributed by atoms with E-state index in [-0.39, 0.29) is 18.1 Å². The van der Waals surface area contributed by atoms with E-state index in [1.165, 1.54) is 16.8 Å². The number of rotatable bonds is 5. The fourth-order valence-corrected chi connectivity index (χ4v) is 4.41. The van der Waals surface area contributed by atoms with E-state index in [2.05, 4.69) is 10.2 Å². The van der Waals surface area contributed by atoms with E-state index in [9.17, 15) is 9.59 Å². The Morgan fingerprint density at radius 2 is 1.63 bits per heavy atom. The van der Waals surface area contributed by atoms with Gasteiger partial charge in [0.15, 0.2) is 11.6 Å². The van der Waals surface area contributed by atoms with Gasteiger partial charge in [-0.15, -0.1) is 10.2 Å². The summed E-state index contributed by atoms with van der Waals surface area (Å²) in [6, 6.07) is 16.7. The lowest BCUT2D eigenvalue weighted by molar-refractivity contribution is -0.118. The number of halogens is 1. The highest BCUT2D eigenvalue weighted by Crippen LogP contribution is 2.42.